The Morgan fingerprint density at radius 1 is 1.28 bits per heavy atom. The molecule has 0 bridgehead atoms. The summed E-state index contributed by atoms with van der Waals surface area (Å²) in [5.41, 5.74) is 3.82. The average molecular weight is 243 g/mol. The van der Waals surface area contributed by atoms with Crippen LogP contribution in [0.4, 0.5) is 0 Å². The largest absolute Gasteiger partial charge is 0.310 e. The molecule has 2 rings (SSSR count). The quantitative estimate of drug-likeness (QED) is 0.875. The Morgan fingerprint density at radius 3 is 2.72 bits per heavy atom. The number of aryl methyl sites for hydroxylation is 1. The van der Waals surface area contributed by atoms with E-state index in [9.17, 15) is 0 Å². The van der Waals surface area contributed by atoms with E-state index < -0.39 is 0 Å². The van der Waals surface area contributed by atoms with Crippen molar-refractivity contribution >= 4 is 0 Å². The van der Waals surface area contributed by atoms with E-state index in [1.54, 1.807) is 0 Å². The molecule has 1 N–H and O–H groups in total. The van der Waals surface area contributed by atoms with Gasteiger partial charge in [0, 0.05) is 18.8 Å². The molecule has 0 aliphatic carbocycles. The van der Waals surface area contributed by atoms with Gasteiger partial charge in [0.15, 0.2) is 0 Å². The fourth-order valence-corrected chi connectivity index (χ4v) is 1.90. The molecule has 96 valence electrons. The Kier molecular flexibility index (Phi) is 4.15. The molecule has 0 amide bonds. The summed E-state index contributed by atoms with van der Waals surface area (Å²) in [5.74, 6) is 0. The lowest BCUT2D eigenvalue weighted by atomic mass is 10.1. The van der Waals surface area contributed by atoms with Gasteiger partial charge in [-0.2, -0.15) is 5.10 Å². The smallest absolute Gasteiger partial charge is 0.0659 e. The summed E-state index contributed by atoms with van der Waals surface area (Å²) < 4.78 is 1.98. The Hall–Kier alpha value is -1.61. The SMILES string of the molecule is Cc1cnn(Cc2cccc(CNC(C)C)c2)c1. The number of hydrogen-bond donors (Lipinski definition) is 1. The van der Waals surface area contributed by atoms with Crippen LogP contribution in [0.25, 0.3) is 0 Å². The van der Waals surface area contributed by atoms with E-state index in [1.165, 1.54) is 16.7 Å². The van der Waals surface area contributed by atoms with Gasteiger partial charge in [-0.3, -0.25) is 4.68 Å². The summed E-state index contributed by atoms with van der Waals surface area (Å²) in [7, 11) is 0. The van der Waals surface area contributed by atoms with Crippen molar-refractivity contribution in [3.05, 3.63) is 53.3 Å². The Morgan fingerprint density at radius 2 is 2.06 bits per heavy atom. The summed E-state index contributed by atoms with van der Waals surface area (Å²) >= 11 is 0. The number of aromatic nitrogens is 2. The first-order valence-electron chi connectivity index (χ1n) is 6.44. The predicted octanol–water partition coefficient (Wildman–Crippen LogP) is 2.74. The number of nitrogens with zero attached hydrogens (tertiary/aromatic N) is 2. The fraction of sp³-hybridized carbons (Fsp3) is 0.400. The second-order valence-corrected chi connectivity index (χ2v) is 5.07. The van der Waals surface area contributed by atoms with Crippen molar-refractivity contribution in [3.63, 3.8) is 0 Å². The molecule has 0 atom stereocenters. The predicted molar refractivity (Wildman–Crippen MR) is 74.5 cm³/mol. The summed E-state index contributed by atoms with van der Waals surface area (Å²) in [4.78, 5) is 0. The van der Waals surface area contributed by atoms with E-state index in [-0.39, 0.29) is 0 Å². The van der Waals surface area contributed by atoms with Crippen molar-refractivity contribution in [2.24, 2.45) is 0 Å². The maximum atomic E-state index is 4.32. The van der Waals surface area contributed by atoms with Crippen molar-refractivity contribution in [3.8, 4) is 0 Å². The lowest BCUT2D eigenvalue weighted by Gasteiger charge is -2.09. The van der Waals surface area contributed by atoms with Crippen LogP contribution >= 0.6 is 0 Å². The third kappa shape index (κ3) is 3.70. The van der Waals surface area contributed by atoms with E-state index in [2.05, 4.69) is 61.6 Å². The molecule has 0 saturated carbocycles. The molecule has 0 aliphatic heterocycles. The normalized spacial score (nSPS) is 11.1. The Bertz CT molecular complexity index is 500. The number of benzene rings is 1. The minimum absolute atomic E-state index is 0.516. The highest BCUT2D eigenvalue weighted by atomic mass is 15.3. The lowest BCUT2D eigenvalue weighted by Crippen LogP contribution is -2.21. The molecule has 2 aromatic rings. The Labute approximate surface area is 109 Å². The highest BCUT2D eigenvalue weighted by Gasteiger charge is 2.00. The maximum Gasteiger partial charge on any atom is 0.0659 e. The van der Waals surface area contributed by atoms with E-state index in [1.807, 2.05) is 10.9 Å². The Balaban J connectivity index is 2.02. The molecule has 1 aromatic carbocycles. The van der Waals surface area contributed by atoms with Gasteiger partial charge in [-0.1, -0.05) is 38.1 Å². The molecule has 0 radical (unpaired) electrons. The number of rotatable bonds is 5. The van der Waals surface area contributed by atoms with Gasteiger partial charge in [-0.25, -0.2) is 0 Å². The standard InChI is InChI=1S/C15H21N3/c1-12(2)16-9-14-5-4-6-15(7-14)11-18-10-13(3)8-17-18/h4-8,10,12,16H,9,11H2,1-3H3. The van der Waals surface area contributed by atoms with Crippen LogP contribution in [0, 0.1) is 6.92 Å². The molecule has 0 spiro atoms. The molecule has 3 heteroatoms. The second-order valence-electron chi connectivity index (χ2n) is 5.07. The first kappa shape index (κ1) is 12.8. The molecule has 0 aliphatic rings. The van der Waals surface area contributed by atoms with Crippen LogP contribution in [0.3, 0.4) is 0 Å². The van der Waals surface area contributed by atoms with Crippen LogP contribution < -0.4 is 5.32 Å². The zero-order valence-corrected chi connectivity index (χ0v) is 11.4. The summed E-state index contributed by atoms with van der Waals surface area (Å²) in [6, 6.07) is 9.18. The number of hydrogen-bond acceptors (Lipinski definition) is 2. The first-order valence-corrected chi connectivity index (χ1v) is 6.44. The summed E-state index contributed by atoms with van der Waals surface area (Å²) in [6.07, 6.45) is 3.96. The molecule has 3 nitrogen and oxygen atoms in total. The highest BCUT2D eigenvalue weighted by molar-refractivity contribution is 5.23. The lowest BCUT2D eigenvalue weighted by molar-refractivity contribution is 0.588. The summed E-state index contributed by atoms with van der Waals surface area (Å²) in [6.45, 7) is 8.15. The zero-order valence-electron chi connectivity index (χ0n) is 11.4. The fourth-order valence-electron chi connectivity index (χ4n) is 1.90. The monoisotopic (exact) mass is 243 g/mol. The molecule has 1 aromatic heterocycles. The maximum absolute atomic E-state index is 4.32. The van der Waals surface area contributed by atoms with Crippen LogP contribution in [0.2, 0.25) is 0 Å². The van der Waals surface area contributed by atoms with E-state index in [0.717, 1.165) is 13.1 Å². The van der Waals surface area contributed by atoms with Gasteiger partial charge < -0.3 is 5.32 Å². The topological polar surface area (TPSA) is 29.9 Å². The van der Waals surface area contributed by atoms with Gasteiger partial charge in [0.05, 0.1) is 12.7 Å². The van der Waals surface area contributed by atoms with E-state index in [4.69, 9.17) is 0 Å². The minimum atomic E-state index is 0.516. The van der Waals surface area contributed by atoms with Gasteiger partial charge in [-0.15, -0.1) is 0 Å². The molecular formula is C15H21N3. The van der Waals surface area contributed by atoms with Crippen molar-refractivity contribution < 1.29 is 0 Å². The zero-order chi connectivity index (χ0) is 13.0. The summed E-state index contributed by atoms with van der Waals surface area (Å²) in [5, 5.41) is 7.75. The molecule has 0 saturated heterocycles. The van der Waals surface area contributed by atoms with Gasteiger partial charge >= 0.3 is 0 Å². The van der Waals surface area contributed by atoms with Gasteiger partial charge in [0.25, 0.3) is 0 Å². The molecule has 0 unspecified atom stereocenters. The number of nitrogens with one attached hydrogen (secondary N) is 1. The molecular weight excluding hydrogens is 222 g/mol. The van der Waals surface area contributed by atoms with Crippen LogP contribution in [0.15, 0.2) is 36.7 Å². The van der Waals surface area contributed by atoms with Gasteiger partial charge in [-0.05, 0) is 23.6 Å². The van der Waals surface area contributed by atoms with Crippen molar-refractivity contribution in [1.29, 1.82) is 0 Å². The highest BCUT2D eigenvalue weighted by Crippen LogP contribution is 2.08. The van der Waals surface area contributed by atoms with Crippen LogP contribution in [0.1, 0.15) is 30.5 Å². The average Bonchev–Trinajstić information content (AvgIpc) is 2.73. The van der Waals surface area contributed by atoms with Crippen molar-refractivity contribution in [2.45, 2.75) is 39.9 Å². The van der Waals surface area contributed by atoms with E-state index in [0.29, 0.717) is 6.04 Å². The molecule has 0 fully saturated rings. The van der Waals surface area contributed by atoms with Crippen LogP contribution in [-0.2, 0) is 13.1 Å². The third-order valence-corrected chi connectivity index (χ3v) is 2.81. The first-order chi connectivity index (χ1) is 8.63. The van der Waals surface area contributed by atoms with Gasteiger partial charge in [0.2, 0.25) is 0 Å². The molecule has 1 heterocycles. The van der Waals surface area contributed by atoms with Crippen molar-refractivity contribution in [2.75, 3.05) is 0 Å². The minimum Gasteiger partial charge on any atom is -0.310 e. The van der Waals surface area contributed by atoms with E-state index >= 15 is 0 Å². The third-order valence-electron chi connectivity index (χ3n) is 2.81. The van der Waals surface area contributed by atoms with Gasteiger partial charge in [0.1, 0.15) is 0 Å². The second kappa shape index (κ2) is 5.83. The van der Waals surface area contributed by atoms with Crippen molar-refractivity contribution in [1.82, 2.24) is 15.1 Å². The van der Waals surface area contributed by atoms with Crippen LogP contribution in [0.5, 0.6) is 0 Å². The molecule has 18 heavy (non-hydrogen) atoms. The van der Waals surface area contributed by atoms with Crippen LogP contribution in [-0.4, -0.2) is 15.8 Å².